The summed E-state index contributed by atoms with van der Waals surface area (Å²) in [4.78, 5) is 47.0. The van der Waals surface area contributed by atoms with E-state index in [4.69, 9.17) is 16.3 Å². The van der Waals surface area contributed by atoms with Crippen molar-refractivity contribution in [3.8, 4) is 0 Å². The van der Waals surface area contributed by atoms with Crippen LogP contribution in [0, 0.1) is 6.92 Å². The second-order valence-corrected chi connectivity index (χ2v) is 6.16. The van der Waals surface area contributed by atoms with Gasteiger partial charge in [-0.05, 0) is 43.3 Å². The highest BCUT2D eigenvalue weighted by atomic mass is 35.5. The van der Waals surface area contributed by atoms with Gasteiger partial charge in [-0.1, -0.05) is 29.3 Å². The summed E-state index contributed by atoms with van der Waals surface area (Å²) in [5.74, 6) is -2.51. The van der Waals surface area contributed by atoms with Gasteiger partial charge in [0.25, 0.3) is 17.7 Å². The lowest BCUT2D eigenvalue weighted by Crippen LogP contribution is -2.44. The minimum atomic E-state index is -0.791. The molecule has 0 bridgehead atoms. The first-order valence-corrected chi connectivity index (χ1v) is 8.58. The van der Waals surface area contributed by atoms with E-state index >= 15 is 0 Å². The van der Waals surface area contributed by atoms with Crippen molar-refractivity contribution in [1.29, 1.82) is 0 Å². The van der Waals surface area contributed by atoms with Gasteiger partial charge in [0.15, 0.2) is 6.61 Å². The maximum atomic E-state index is 11.9. The lowest BCUT2D eigenvalue weighted by Gasteiger charge is -2.09. The molecule has 8 nitrogen and oxygen atoms in total. The first-order valence-electron chi connectivity index (χ1n) is 8.20. The van der Waals surface area contributed by atoms with Crippen LogP contribution >= 0.6 is 11.6 Å². The fourth-order valence-electron chi connectivity index (χ4n) is 2.07. The van der Waals surface area contributed by atoms with Gasteiger partial charge in [-0.2, -0.15) is 0 Å². The third-order valence-corrected chi connectivity index (χ3v) is 3.71. The van der Waals surface area contributed by atoms with Crippen LogP contribution in [0.4, 0.5) is 0 Å². The highest BCUT2D eigenvalue weighted by Gasteiger charge is 2.12. The zero-order chi connectivity index (χ0) is 20.5. The summed E-state index contributed by atoms with van der Waals surface area (Å²) < 4.78 is 4.73. The lowest BCUT2D eigenvalue weighted by molar-refractivity contribution is -0.147. The van der Waals surface area contributed by atoms with Crippen LogP contribution in [0.25, 0.3) is 0 Å². The molecule has 2 aromatic rings. The zero-order valence-electron chi connectivity index (χ0n) is 15.0. The van der Waals surface area contributed by atoms with Gasteiger partial charge in [-0.15, -0.1) is 0 Å². The largest absolute Gasteiger partial charge is 0.454 e. The molecule has 9 heteroatoms. The Hall–Kier alpha value is -3.39. The number of halogens is 1. The van der Waals surface area contributed by atoms with Crippen LogP contribution < -0.4 is 16.2 Å². The third kappa shape index (κ3) is 6.73. The normalized spacial score (nSPS) is 9.93. The van der Waals surface area contributed by atoms with Crippen LogP contribution in [-0.2, 0) is 14.3 Å². The predicted molar refractivity (Wildman–Crippen MR) is 102 cm³/mol. The molecule has 0 spiro atoms. The van der Waals surface area contributed by atoms with Crippen molar-refractivity contribution < 1.29 is 23.9 Å². The molecule has 0 aliphatic carbocycles. The van der Waals surface area contributed by atoms with E-state index < -0.39 is 36.8 Å². The van der Waals surface area contributed by atoms with Gasteiger partial charge in [0.2, 0.25) is 0 Å². The number of esters is 1. The van der Waals surface area contributed by atoms with E-state index in [2.05, 4.69) is 16.2 Å². The minimum absolute atomic E-state index is 0.292. The number of benzene rings is 2. The molecule has 146 valence electrons. The highest BCUT2D eigenvalue weighted by Crippen LogP contribution is 2.09. The number of rotatable bonds is 6. The fraction of sp³-hybridized carbons (Fsp3) is 0.158. The van der Waals surface area contributed by atoms with Crippen LogP contribution in [0.2, 0.25) is 5.02 Å². The van der Waals surface area contributed by atoms with Crippen LogP contribution in [0.3, 0.4) is 0 Å². The van der Waals surface area contributed by atoms with Gasteiger partial charge in [0.05, 0.1) is 0 Å². The van der Waals surface area contributed by atoms with Gasteiger partial charge in [0, 0.05) is 16.1 Å². The maximum Gasteiger partial charge on any atom is 0.325 e. The van der Waals surface area contributed by atoms with Gasteiger partial charge < -0.3 is 10.1 Å². The number of nitrogens with one attached hydrogen (secondary N) is 3. The Morgan fingerprint density at radius 2 is 1.64 bits per heavy atom. The number of carbonyl (C=O) groups excluding carboxylic acids is 4. The molecule has 2 aromatic carbocycles. The van der Waals surface area contributed by atoms with Crippen molar-refractivity contribution in [3.05, 3.63) is 70.2 Å². The molecule has 3 N–H and O–H groups in total. The number of hydrogen-bond acceptors (Lipinski definition) is 5. The number of amides is 3. The summed E-state index contributed by atoms with van der Waals surface area (Å²) in [6, 6.07) is 12.9. The van der Waals surface area contributed by atoms with Crippen LogP contribution in [0.1, 0.15) is 26.3 Å². The number of ether oxygens (including phenoxy) is 1. The molecule has 0 aromatic heterocycles. The standard InChI is InChI=1S/C19H18ClN3O5/c1-12-3-2-4-14(9-12)18(26)21-10-17(25)28-11-16(24)22-23-19(27)13-5-7-15(20)8-6-13/h2-9H,10-11H2,1H3,(H,21,26)(H,22,24)(H,23,27). The molecule has 0 aliphatic heterocycles. The monoisotopic (exact) mass is 403 g/mol. The average molecular weight is 404 g/mol. The van der Waals surface area contributed by atoms with Crippen molar-refractivity contribution in [2.24, 2.45) is 0 Å². The van der Waals surface area contributed by atoms with E-state index in [1.165, 1.54) is 24.3 Å². The summed E-state index contributed by atoms with van der Waals surface area (Å²) in [5, 5.41) is 2.87. The molecule has 0 fully saturated rings. The van der Waals surface area contributed by atoms with Gasteiger partial charge >= 0.3 is 5.97 Å². The summed E-state index contributed by atoms with van der Waals surface area (Å²) in [6.07, 6.45) is 0. The van der Waals surface area contributed by atoms with E-state index in [1.54, 1.807) is 18.2 Å². The molecule has 2 rings (SSSR count). The Bertz CT molecular complexity index is 883. The topological polar surface area (TPSA) is 114 Å². The Balaban J connectivity index is 1.67. The second kappa shape index (κ2) is 10.1. The molecule has 0 aliphatic rings. The van der Waals surface area contributed by atoms with Gasteiger partial charge in [-0.3, -0.25) is 30.0 Å². The summed E-state index contributed by atoms with van der Waals surface area (Å²) in [6.45, 7) is 0.840. The first kappa shape index (κ1) is 20.9. The minimum Gasteiger partial charge on any atom is -0.454 e. The van der Waals surface area contributed by atoms with Crippen molar-refractivity contribution in [1.82, 2.24) is 16.2 Å². The van der Waals surface area contributed by atoms with Gasteiger partial charge in [0.1, 0.15) is 6.54 Å². The molecule has 0 saturated heterocycles. The van der Waals surface area contributed by atoms with Crippen molar-refractivity contribution >= 4 is 35.3 Å². The smallest absolute Gasteiger partial charge is 0.325 e. The Morgan fingerprint density at radius 1 is 0.929 bits per heavy atom. The molecule has 0 atom stereocenters. The molecule has 0 radical (unpaired) electrons. The Kier molecular flexibility index (Phi) is 7.53. The summed E-state index contributed by atoms with van der Waals surface area (Å²) in [5.41, 5.74) is 5.90. The summed E-state index contributed by atoms with van der Waals surface area (Å²) in [7, 11) is 0. The molecule has 28 heavy (non-hydrogen) atoms. The average Bonchev–Trinajstić information content (AvgIpc) is 2.69. The molecular weight excluding hydrogens is 386 g/mol. The van der Waals surface area contributed by atoms with Gasteiger partial charge in [-0.25, -0.2) is 0 Å². The van der Waals surface area contributed by atoms with Crippen LogP contribution in [-0.4, -0.2) is 36.8 Å². The Labute approximate surface area is 166 Å². The number of hydrogen-bond donors (Lipinski definition) is 3. The van der Waals surface area contributed by atoms with Crippen molar-refractivity contribution in [3.63, 3.8) is 0 Å². The SMILES string of the molecule is Cc1cccc(C(=O)NCC(=O)OCC(=O)NNC(=O)c2ccc(Cl)cc2)c1. The van der Waals surface area contributed by atoms with Crippen molar-refractivity contribution in [2.75, 3.05) is 13.2 Å². The molecular formula is C19H18ClN3O5. The highest BCUT2D eigenvalue weighted by molar-refractivity contribution is 6.30. The summed E-state index contributed by atoms with van der Waals surface area (Å²) >= 11 is 5.73. The molecule has 0 saturated carbocycles. The third-order valence-electron chi connectivity index (χ3n) is 3.46. The predicted octanol–water partition coefficient (Wildman–Crippen LogP) is 1.38. The molecule has 0 heterocycles. The van der Waals surface area contributed by atoms with E-state index in [-0.39, 0.29) is 0 Å². The maximum absolute atomic E-state index is 11.9. The zero-order valence-corrected chi connectivity index (χ0v) is 15.7. The fourth-order valence-corrected chi connectivity index (χ4v) is 2.20. The number of aryl methyl sites for hydroxylation is 1. The van der Waals surface area contributed by atoms with E-state index in [0.29, 0.717) is 16.1 Å². The van der Waals surface area contributed by atoms with Crippen molar-refractivity contribution in [2.45, 2.75) is 6.92 Å². The first-order chi connectivity index (χ1) is 13.3. The second-order valence-electron chi connectivity index (χ2n) is 5.72. The lowest BCUT2D eigenvalue weighted by atomic mass is 10.1. The van der Waals surface area contributed by atoms with Crippen LogP contribution in [0.5, 0.6) is 0 Å². The van der Waals surface area contributed by atoms with E-state index in [9.17, 15) is 19.2 Å². The van der Waals surface area contributed by atoms with Crippen LogP contribution in [0.15, 0.2) is 48.5 Å². The quantitative estimate of drug-likeness (QED) is 0.498. The number of hydrazine groups is 1. The molecule has 0 unspecified atom stereocenters. The Morgan fingerprint density at radius 3 is 2.32 bits per heavy atom. The van der Waals surface area contributed by atoms with E-state index in [0.717, 1.165) is 5.56 Å². The van der Waals surface area contributed by atoms with E-state index in [1.807, 2.05) is 13.0 Å². The number of carbonyl (C=O) groups is 4. The molecule has 3 amide bonds.